The van der Waals surface area contributed by atoms with Crippen LogP contribution < -0.4 is 4.74 Å². The lowest BCUT2D eigenvalue weighted by atomic mass is 10.3. The van der Waals surface area contributed by atoms with E-state index >= 15 is 0 Å². The first kappa shape index (κ1) is 17.0. The Bertz CT molecular complexity index is 847. The molecule has 0 unspecified atom stereocenters. The van der Waals surface area contributed by atoms with Crippen molar-refractivity contribution in [3.63, 3.8) is 0 Å². The van der Waals surface area contributed by atoms with Crippen LogP contribution in [0.4, 0.5) is 4.39 Å². The molecule has 3 aromatic rings. The zero-order valence-electron chi connectivity index (χ0n) is 13.9. The lowest BCUT2D eigenvalue weighted by Crippen LogP contribution is -2.08. The van der Waals surface area contributed by atoms with Crippen molar-refractivity contribution in [1.29, 1.82) is 0 Å². The molecular formula is C16H17FN6O2S. The summed E-state index contributed by atoms with van der Waals surface area (Å²) in [7, 11) is 0. The third-order valence-electron chi connectivity index (χ3n) is 4.15. The largest absolute Gasteiger partial charge is 0.485 e. The van der Waals surface area contributed by atoms with Gasteiger partial charge in [0.05, 0.1) is 11.8 Å². The molecule has 2 aromatic heterocycles. The Morgan fingerprint density at radius 3 is 2.85 bits per heavy atom. The molecule has 0 saturated heterocycles. The molecule has 0 radical (unpaired) electrons. The molecule has 1 aliphatic carbocycles. The Labute approximate surface area is 153 Å². The summed E-state index contributed by atoms with van der Waals surface area (Å²) in [6.45, 7) is 0.152. The minimum absolute atomic E-state index is 0.152. The normalized spacial score (nSPS) is 14.8. The summed E-state index contributed by atoms with van der Waals surface area (Å²) in [5.41, 5.74) is 0. The molecule has 0 N–H and O–H groups in total. The van der Waals surface area contributed by atoms with Crippen LogP contribution in [0.5, 0.6) is 5.75 Å². The maximum atomic E-state index is 12.9. The summed E-state index contributed by atoms with van der Waals surface area (Å²) in [6, 6.07) is 6.16. The Hall–Kier alpha value is -2.49. The van der Waals surface area contributed by atoms with E-state index in [0.29, 0.717) is 29.3 Å². The van der Waals surface area contributed by atoms with Gasteiger partial charge in [0.2, 0.25) is 16.9 Å². The van der Waals surface area contributed by atoms with Gasteiger partial charge in [0.25, 0.3) is 0 Å². The van der Waals surface area contributed by atoms with Crippen molar-refractivity contribution >= 4 is 11.8 Å². The van der Waals surface area contributed by atoms with Crippen LogP contribution in [0.1, 0.15) is 43.4 Å². The third kappa shape index (κ3) is 4.01. The monoisotopic (exact) mass is 376 g/mol. The first-order chi connectivity index (χ1) is 12.8. The van der Waals surface area contributed by atoms with Crippen molar-refractivity contribution in [1.82, 2.24) is 30.3 Å². The van der Waals surface area contributed by atoms with Gasteiger partial charge in [0, 0.05) is 0 Å². The van der Waals surface area contributed by atoms with Gasteiger partial charge in [-0.15, -0.1) is 5.10 Å². The summed E-state index contributed by atoms with van der Waals surface area (Å²) in [4.78, 5) is 4.29. The Balaban J connectivity index is 1.31. The van der Waals surface area contributed by atoms with E-state index in [4.69, 9.17) is 9.26 Å². The fraction of sp³-hybridized carbons (Fsp3) is 0.438. The predicted molar refractivity (Wildman–Crippen MR) is 89.9 cm³/mol. The second kappa shape index (κ2) is 7.81. The molecule has 1 saturated carbocycles. The van der Waals surface area contributed by atoms with Crippen LogP contribution in [0.3, 0.4) is 0 Å². The van der Waals surface area contributed by atoms with Gasteiger partial charge >= 0.3 is 0 Å². The van der Waals surface area contributed by atoms with Crippen LogP contribution >= 0.6 is 11.8 Å². The summed E-state index contributed by atoms with van der Waals surface area (Å²) in [5, 5.41) is 16.6. The molecule has 1 aliphatic rings. The van der Waals surface area contributed by atoms with E-state index in [1.165, 1.54) is 36.7 Å². The second-order valence-corrected chi connectivity index (χ2v) is 6.92. The lowest BCUT2D eigenvalue weighted by Gasteiger charge is -2.09. The molecule has 0 aliphatic heterocycles. The average Bonchev–Trinajstić information content (AvgIpc) is 3.40. The second-order valence-electron chi connectivity index (χ2n) is 5.98. The zero-order chi connectivity index (χ0) is 17.8. The van der Waals surface area contributed by atoms with Gasteiger partial charge in [-0.25, -0.2) is 9.07 Å². The molecule has 4 rings (SSSR count). The van der Waals surface area contributed by atoms with E-state index in [-0.39, 0.29) is 12.4 Å². The summed E-state index contributed by atoms with van der Waals surface area (Å²) in [5.74, 6) is 1.63. The van der Waals surface area contributed by atoms with Gasteiger partial charge in [-0.1, -0.05) is 29.8 Å². The highest BCUT2D eigenvalue weighted by Crippen LogP contribution is 2.32. The SMILES string of the molecule is Fc1ccc(OCc2noc(CSc3nnnn3C3CCCC3)n2)cc1. The number of tetrazole rings is 1. The fourth-order valence-corrected chi connectivity index (χ4v) is 3.65. The van der Waals surface area contributed by atoms with Crippen LogP contribution in [0, 0.1) is 5.82 Å². The molecule has 1 fully saturated rings. The minimum Gasteiger partial charge on any atom is -0.485 e. The van der Waals surface area contributed by atoms with Crippen LogP contribution in [0.2, 0.25) is 0 Å². The van der Waals surface area contributed by atoms with E-state index in [2.05, 4.69) is 25.7 Å². The number of thioether (sulfide) groups is 1. The van der Waals surface area contributed by atoms with Crippen molar-refractivity contribution in [2.24, 2.45) is 0 Å². The topological polar surface area (TPSA) is 91.8 Å². The van der Waals surface area contributed by atoms with Gasteiger partial charge in [-0.2, -0.15) is 4.98 Å². The van der Waals surface area contributed by atoms with Crippen LogP contribution in [-0.2, 0) is 12.4 Å². The number of aromatic nitrogens is 6. The fourth-order valence-electron chi connectivity index (χ4n) is 2.87. The van der Waals surface area contributed by atoms with Gasteiger partial charge < -0.3 is 9.26 Å². The smallest absolute Gasteiger partial charge is 0.237 e. The molecule has 0 atom stereocenters. The van der Waals surface area contributed by atoms with Crippen LogP contribution in [0.25, 0.3) is 0 Å². The highest BCUT2D eigenvalue weighted by Gasteiger charge is 2.22. The number of halogens is 1. The van der Waals surface area contributed by atoms with E-state index < -0.39 is 0 Å². The number of hydrogen-bond acceptors (Lipinski definition) is 8. The van der Waals surface area contributed by atoms with E-state index in [1.807, 2.05) is 4.68 Å². The van der Waals surface area contributed by atoms with Gasteiger partial charge in [0.15, 0.2) is 6.61 Å². The average molecular weight is 376 g/mol. The lowest BCUT2D eigenvalue weighted by molar-refractivity contribution is 0.285. The molecule has 2 heterocycles. The number of nitrogens with zero attached hydrogens (tertiary/aromatic N) is 6. The first-order valence-electron chi connectivity index (χ1n) is 8.38. The van der Waals surface area contributed by atoms with Crippen LogP contribution in [-0.4, -0.2) is 30.3 Å². The van der Waals surface area contributed by atoms with Crippen molar-refractivity contribution < 1.29 is 13.7 Å². The molecule has 26 heavy (non-hydrogen) atoms. The molecule has 1 aromatic carbocycles. The third-order valence-corrected chi connectivity index (χ3v) is 5.07. The van der Waals surface area contributed by atoms with Crippen molar-refractivity contribution in [2.45, 2.75) is 49.2 Å². The van der Waals surface area contributed by atoms with Crippen molar-refractivity contribution in [2.75, 3.05) is 0 Å². The molecule has 10 heteroatoms. The maximum absolute atomic E-state index is 12.9. The molecule has 0 amide bonds. The van der Waals surface area contributed by atoms with Crippen LogP contribution in [0.15, 0.2) is 33.9 Å². The number of hydrogen-bond donors (Lipinski definition) is 0. The number of ether oxygens (including phenoxy) is 1. The maximum Gasteiger partial charge on any atom is 0.237 e. The van der Waals surface area contributed by atoms with E-state index in [0.717, 1.165) is 18.0 Å². The molecule has 136 valence electrons. The molecule has 8 nitrogen and oxygen atoms in total. The van der Waals surface area contributed by atoms with Gasteiger partial charge in [0.1, 0.15) is 11.6 Å². The van der Waals surface area contributed by atoms with Crippen molar-refractivity contribution in [3.05, 3.63) is 41.8 Å². The van der Waals surface area contributed by atoms with E-state index in [1.54, 1.807) is 12.1 Å². The minimum atomic E-state index is -0.309. The number of rotatable bonds is 7. The highest BCUT2D eigenvalue weighted by atomic mass is 32.2. The van der Waals surface area contributed by atoms with Crippen molar-refractivity contribution in [3.8, 4) is 5.75 Å². The molecular weight excluding hydrogens is 359 g/mol. The first-order valence-corrected chi connectivity index (χ1v) is 9.37. The predicted octanol–water partition coefficient (Wildman–Crippen LogP) is 3.18. The highest BCUT2D eigenvalue weighted by molar-refractivity contribution is 7.98. The van der Waals surface area contributed by atoms with Gasteiger partial charge in [-0.3, -0.25) is 0 Å². The van der Waals surface area contributed by atoms with E-state index in [9.17, 15) is 4.39 Å². The Morgan fingerprint density at radius 1 is 1.23 bits per heavy atom. The Kier molecular flexibility index (Phi) is 5.09. The summed E-state index contributed by atoms with van der Waals surface area (Å²) < 4.78 is 25.5. The van der Waals surface area contributed by atoms with Gasteiger partial charge in [-0.05, 0) is 47.5 Å². The number of benzene rings is 1. The summed E-state index contributed by atoms with van der Waals surface area (Å²) in [6.07, 6.45) is 4.67. The summed E-state index contributed by atoms with van der Waals surface area (Å²) >= 11 is 1.47. The quantitative estimate of drug-likeness (QED) is 0.581. The molecule has 0 spiro atoms. The molecule has 0 bridgehead atoms. The Morgan fingerprint density at radius 2 is 2.04 bits per heavy atom. The standard InChI is InChI=1S/C16H17FN6O2S/c17-11-5-7-13(8-6-11)24-9-14-18-15(25-20-14)10-26-16-19-21-22-23(16)12-3-1-2-4-12/h5-8,12H,1-4,9-10H2. The zero-order valence-corrected chi connectivity index (χ0v) is 14.7.